The van der Waals surface area contributed by atoms with Crippen LogP contribution in [0.2, 0.25) is 0 Å². The van der Waals surface area contributed by atoms with E-state index in [0.717, 1.165) is 6.16 Å². The Labute approximate surface area is 94.8 Å². The van der Waals surface area contributed by atoms with Crippen molar-refractivity contribution in [2.45, 2.75) is 6.92 Å². The molecule has 0 saturated heterocycles. The van der Waals surface area contributed by atoms with Gasteiger partial charge < -0.3 is 4.74 Å². The summed E-state index contributed by atoms with van der Waals surface area (Å²) in [6.07, 6.45) is 4.76. The van der Waals surface area contributed by atoms with E-state index in [0.29, 0.717) is 6.61 Å². The summed E-state index contributed by atoms with van der Waals surface area (Å²) < 4.78 is 9.83. The van der Waals surface area contributed by atoms with E-state index in [2.05, 4.69) is 49.9 Å². The smallest absolute Gasteiger partial charge is 0.184 e. The van der Waals surface area contributed by atoms with Gasteiger partial charge in [-0.2, -0.15) is 9.34 Å². The molecule has 0 radical (unpaired) electrons. The summed E-state index contributed by atoms with van der Waals surface area (Å²) in [5.74, 6) is 2.18. The summed E-state index contributed by atoms with van der Waals surface area (Å²) in [4.78, 5) is 0. The number of ether oxygens (including phenoxy) is 1. The number of hydrogen-bond donors (Lipinski definition) is 0. The molecule has 0 atom stereocenters. The monoisotopic (exact) mass is 231 g/mol. The van der Waals surface area contributed by atoms with Crippen molar-refractivity contribution in [1.29, 1.82) is 0 Å². The van der Waals surface area contributed by atoms with Crippen LogP contribution < -0.4 is 0 Å². The fraction of sp³-hybridized carbons (Fsp3) is 0.636. The molecule has 0 aromatic heterocycles. The molecule has 0 aromatic rings. The number of hydrogen-bond acceptors (Lipinski definition) is 3. The molecule has 0 aromatic carbocycles. The first kappa shape index (κ1) is 14.6. The molecule has 4 heteroatoms. The van der Waals surface area contributed by atoms with Gasteiger partial charge in [-0.15, -0.1) is 0 Å². The van der Waals surface area contributed by atoms with Crippen LogP contribution in [-0.4, -0.2) is 50.3 Å². The summed E-state index contributed by atoms with van der Waals surface area (Å²) in [6, 6.07) is 0. The Morgan fingerprint density at radius 3 is 2.07 bits per heavy atom. The van der Waals surface area contributed by atoms with Gasteiger partial charge in [0.05, 0.1) is 6.61 Å². The van der Waals surface area contributed by atoms with E-state index in [9.17, 15) is 0 Å². The van der Waals surface area contributed by atoms with Crippen LogP contribution in [-0.2, 0) is 4.74 Å². The predicted octanol–water partition coefficient (Wildman–Crippen LogP) is 2.65. The van der Waals surface area contributed by atoms with Crippen LogP contribution in [0.1, 0.15) is 6.92 Å². The molecule has 0 aliphatic heterocycles. The average molecular weight is 231 g/mol. The van der Waals surface area contributed by atoms with Crippen LogP contribution >= 0.6 is 7.56 Å². The topological polar surface area (TPSA) is 15.7 Å². The maximum absolute atomic E-state index is 5.30. The molecule has 3 nitrogen and oxygen atoms in total. The van der Waals surface area contributed by atoms with Crippen molar-refractivity contribution in [2.24, 2.45) is 0 Å². The van der Waals surface area contributed by atoms with Crippen molar-refractivity contribution in [3.05, 3.63) is 24.7 Å². The van der Waals surface area contributed by atoms with Gasteiger partial charge in [-0.3, -0.25) is 0 Å². The van der Waals surface area contributed by atoms with Gasteiger partial charge in [0, 0.05) is 28.2 Å². The largest absolute Gasteiger partial charge is 0.498 e. The summed E-state index contributed by atoms with van der Waals surface area (Å²) >= 11 is 0. The average Bonchev–Trinajstić information content (AvgIpc) is 2.15. The second kappa shape index (κ2) is 7.00. The van der Waals surface area contributed by atoms with Gasteiger partial charge in [-0.25, -0.2) is 0 Å². The summed E-state index contributed by atoms with van der Waals surface area (Å²) in [5, 5.41) is 0. The molecule has 0 amide bonds. The maximum Gasteiger partial charge on any atom is 0.184 e. The minimum absolute atomic E-state index is 0.714. The van der Waals surface area contributed by atoms with E-state index in [-0.39, 0.29) is 0 Å². The summed E-state index contributed by atoms with van der Waals surface area (Å²) in [5.41, 5.74) is 0. The van der Waals surface area contributed by atoms with E-state index in [1.54, 1.807) is 0 Å². The van der Waals surface area contributed by atoms with Gasteiger partial charge in [0.25, 0.3) is 0 Å². The fourth-order valence-corrected chi connectivity index (χ4v) is 4.12. The van der Waals surface area contributed by atoms with Gasteiger partial charge in [0.1, 0.15) is 18.2 Å². The van der Waals surface area contributed by atoms with Crippen molar-refractivity contribution in [3.63, 3.8) is 0 Å². The normalized spacial score (nSPS) is 12.7. The first-order chi connectivity index (χ1) is 7.01. The highest BCUT2D eigenvalue weighted by Gasteiger charge is 2.40. The third-order valence-corrected chi connectivity index (χ3v) is 6.51. The molecule has 0 aliphatic rings. The molecule has 0 saturated carbocycles. The molecular formula is C11H24N2OP+. The standard InChI is InChI=1S/C11H24N2OP/c1-7-10-15(12(3)4,13(5)6)11-9-14-8-2/h7,9,11H,1,8,10H2,2-6H3/q+1/b11-9+. The molecule has 0 bridgehead atoms. The number of allylic oxidation sites excluding steroid dienone is 1. The molecule has 0 N–H and O–H groups in total. The van der Waals surface area contributed by atoms with Crippen LogP contribution in [0.3, 0.4) is 0 Å². The SMILES string of the molecule is C=CC[P+](/C=C/OCC)(N(C)C)N(C)C. The Hall–Kier alpha value is -0.370. The number of nitrogens with zero attached hydrogens (tertiary/aromatic N) is 2. The van der Waals surface area contributed by atoms with Crippen molar-refractivity contribution in [3.8, 4) is 0 Å². The molecule has 0 heterocycles. The highest BCUT2D eigenvalue weighted by Crippen LogP contribution is 2.63. The molecular weight excluding hydrogens is 207 g/mol. The molecule has 15 heavy (non-hydrogen) atoms. The molecule has 0 aliphatic carbocycles. The van der Waals surface area contributed by atoms with Gasteiger partial charge in [-0.05, 0) is 6.92 Å². The number of rotatable bonds is 7. The zero-order valence-corrected chi connectivity index (χ0v) is 11.5. The van der Waals surface area contributed by atoms with Crippen LogP contribution in [0.15, 0.2) is 24.7 Å². The zero-order chi connectivity index (χ0) is 11.9. The van der Waals surface area contributed by atoms with Gasteiger partial charge in [-0.1, -0.05) is 12.7 Å². The van der Waals surface area contributed by atoms with Crippen LogP contribution in [0.5, 0.6) is 0 Å². The van der Waals surface area contributed by atoms with Crippen molar-refractivity contribution < 1.29 is 4.74 Å². The minimum atomic E-state index is -1.43. The lowest BCUT2D eigenvalue weighted by Crippen LogP contribution is -2.27. The third-order valence-electron chi connectivity index (χ3n) is 2.35. The van der Waals surface area contributed by atoms with E-state index in [1.165, 1.54) is 0 Å². The van der Waals surface area contributed by atoms with E-state index in [4.69, 9.17) is 4.74 Å². The summed E-state index contributed by atoms with van der Waals surface area (Å²) in [6.45, 7) is 6.54. The second-order valence-electron chi connectivity index (χ2n) is 3.69. The lowest BCUT2D eigenvalue weighted by atomic mass is 10.8. The summed E-state index contributed by atoms with van der Waals surface area (Å²) in [7, 11) is 6.99. The van der Waals surface area contributed by atoms with Gasteiger partial charge >= 0.3 is 0 Å². The second-order valence-corrected chi connectivity index (χ2v) is 7.53. The third kappa shape index (κ3) is 3.94. The van der Waals surface area contributed by atoms with E-state index >= 15 is 0 Å². The maximum atomic E-state index is 5.30. The fourth-order valence-electron chi connectivity index (χ4n) is 1.44. The van der Waals surface area contributed by atoms with E-state index < -0.39 is 7.56 Å². The van der Waals surface area contributed by atoms with Crippen molar-refractivity contribution in [2.75, 3.05) is 41.0 Å². The van der Waals surface area contributed by atoms with Gasteiger partial charge in [0.15, 0.2) is 7.56 Å². The minimum Gasteiger partial charge on any atom is -0.498 e. The van der Waals surface area contributed by atoms with Crippen LogP contribution in [0, 0.1) is 0 Å². The molecule has 0 unspecified atom stereocenters. The lowest BCUT2D eigenvalue weighted by Gasteiger charge is -2.32. The molecule has 0 fully saturated rings. The lowest BCUT2D eigenvalue weighted by molar-refractivity contribution is 0.269. The predicted molar refractivity (Wildman–Crippen MR) is 70.1 cm³/mol. The van der Waals surface area contributed by atoms with Crippen molar-refractivity contribution in [1.82, 2.24) is 9.34 Å². The van der Waals surface area contributed by atoms with Gasteiger partial charge in [0.2, 0.25) is 0 Å². The quantitative estimate of drug-likeness (QED) is 0.380. The highest BCUT2D eigenvalue weighted by molar-refractivity contribution is 7.74. The Balaban J connectivity index is 4.86. The Bertz CT molecular complexity index is 207. The Kier molecular flexibility index (Phi) is 6.82. The zero-order valence-electron chi connectivity index (χ0n) is 10.6. The Morgan fingerprint density at radius 2 is 1.73 bits per heavy atom. The van der Waals surface area contributed by atoms with E-state index in [1.807, 2.05) is 19.3 Å². The molecule has 0 spiro atoms. The highest BCUT2D eigenvalue weighted by atomic mass is 31.2. The van der Waals surface area contributed by atoms with Crippen molar-refractivity contribution >= 4 is 7.56 Å². The first-order valence-electron chi connectivity index (χ1n) is 5.14. The van der Waals surface area contributed by atoms with Crippen LogP contribution in [0.25, 0.3) is 0 Å². The first-order valence-corrected chi connectivity index (χ1v) is 7.09. The Morgan fingerprint density at radius 1 is 1.20 bits per heavy atom. The molecule has 88 valence electrons. The van der Waals surface area contributed by atoms with Crippen LogP contribution in [0.4, 0.5) is 0 Å². The molecule has 0 rings (SSSR count).